The number of nitrogens with zero attached hydrogens (tertiary/aromatic N) is 1. The van der Waals surface area contributed by atoms with Crippen LogP contribution in [0.15, 0.2) is 41.5 Å². The SMILES string of the molecule is COc1ccc(C(=O)NCC(=O)N/N=C(\C)c2ccc(OC)c(OC)c2)cc1OC. The molecule has 0 unspecified atom stereocenters. The van der Waals surface area contributed by atoms with Gasteiger partial charge in [0, 0.05) is 11.1 Å². The van der Waals surface area contributed by atoms with Crippen molar-refractivity contribution in [1.29, 1.82) is 0 Å². The number of carbonyl (C=O) groups is 2. The molecule has 2 amide bonds. The van der Waals surface area contributed by atoms with Crippen LogP contribution >= 0.6 is 0 Å². The molecule has 0 fully saturated rings. The summed E-state index contributed by atoms with van der Waals surface area (Å²) >= 11 is 0. The van der Waals surface area contributed by atoms with Crippen LogP contribution in [0.1, 0.15) is 22.8 Å². The van der Waals surface area contributed by atoms with E-state index in [2.05, 4.69) is 15.8 Å². The Kier molecular flexibility index (Phi) is 8.04. The van der Waals surface area contributed by atoms with Gasteiger partial charge in [-0.1, -0.05) is 0 Å². The lowest BCUT2D eigenvalue weighted by molar-refractivity contribution is -0.120. The van der Waals surface area contributed by atoms with Crippen molar-refractivity contribution in [3.8, 4) is 23.0 Å². The molecule has 0 saturated heterocycles. The summed E-state index contributed by atoms with van der Waals surface area (Å²) in [5.41, 5.74) is 4.07. The van der Waals surface area contributed by atoms with Crippen LogP contribution in [-0.2, 0) is 4.79 Å². The first kappa shape index (κ1) is 22.5. The molecule has 0 spiro atoms. The average Bonchev–Trinajstić information content (AvgIpc) is 2.79. The molecule has 2 N–H and O–H groups in total. The van der Waals surface area contributed by atoms with E-state index in [1.165, 1.54) is 27.4 Å². The summed E-state index contributed by atoms with van der Waals surface area (Å²) in [7, 11) is 6.07. The van der Waals surface area contributed by atoms with Crippen molar-refractivity contribution in [3.05, 3.63) is 47.5 Å². The molecule has 0 aliphatic heterocycles. The second-order valence-corrected chi connectivity index (χ2v) is 6.05. The molecule has 2 aromatic carbocycles. The van der Waals surface area contributed by atoms with Gasteiger partial charge < -0.3 is 24.3 Å². The molecule has 0 bridgehead atoms. The Morgan fingerprint density at radius 2 is 1.30 bits per heavy atom. The highest BCUT2D eigenvalue weighted by Crippen LogP contribution is 2.28. The van der Waals surface area contributed by atoms with Crippen LogP contribution in [0.25, 0.3) is 0 Å². The number of nitrogens with one attached hydrogen (secondary N) is 2. The monoisotopic (exact) mass is 415 g/mol. The van der Waals surface area contributed by atoms with E-state index < -0.39 is 11.8 Å². The fourth-order valence-electron chi connectivity index (χ4n) is 2.55. The van der Waals surface area contributed by atoms with Crippen molar-refractivity contribution in [2.45, 2.75) is 6.92 Å². The topological polar surface area (TPSA) is 107 Å². The first-order chi connectivity index (χ1) is 14.4. The maximum atomic E-state index is 12.3. The van der Waals surface area contributed by atoms with E-state index >= 15 is 0 Å². The summed E-state index contributed by atoms with van der Waals surface area (Å²) in [6.45, 7) is 1.50. The van der Waals surface area contributed by atoms with Gasteiger partial charge in [-0.15, -0.1) is 0 Å². The van der Waals surface area contributed by atoms with Gasteiger partial charge in [-0.3, -0.25) is 9.59 Å². The number of hydrogen-bond acceptors (Lipinski definition) is 7. The molecule has 0 heterocycles. The largest absolute Gasteiger partial charge is 0.493 e. The molecule has 0 radical (unpaired) electrons. The molecule has 0 aromatic heterocycles. The van der Waals surface area contributed by atoms with Crippen LogP contribution in [0.4, 0.5) is 0 Å². The average molecular weight is 415 g/mol. The van der Waals surface area contributed by atoms with Gasteiger partial charge in [0.15, 0.2) is 23.0 Å². The third-order valence-electron chi connectivity index (χ3n) is 4.20. The molecular formula is C21H25N3O6. The summed E-state index contributed by atoms with van der Waals surface area (Å²) in [6.07, 6.45) is 0. The van der Waals surface area contributed by atoms with E-state index in [1.54, 1.807) is 44.4 Å². The lowest BCUT2D eigenvalue weighted by Gasteiger charge is -2.10. The Labute approximate surface area is 175 Å². The number of amides is 2. The molecule has 9 heteroatoms. The van der Waals surface area contributed by atoms with Crippen molar-refractivity contribution < 1.29 is 28.5 Å². The zero-order valence-electron chi connectivity index (χ0n) is 17.6. The number of hydrogen-bond donors (Lipinski definition) is 2. The van der Waals surface area contributed by atoms with Crippen molar-refractivity contribution in [2.24, 2.45) is 5.10 Å². The predicted octanol–water partition coefficient (Wildman–Crippen LogP) is 1.99. The minimum absolute atomic E-state index is 0.240. The maximum Gasteiger partial charge on any atom is 0.259 e. The molecule has 0 saturated carbocycles. The number of rotatable bonds is 9. The van der Waals surface area contributed by atoms with Crippen molar-refractivity contribution in [2.75, 3.05) is 35.0 Å². The predicted molar refractivity (Wildman–Crippen MR) is 112 cm³/mol. The number of methoxy groups -OCH3 is 4. The molecule has 2 aromatic rings. The van der Waals surface area contributed by atoms with Crippen LogP contribution in [0.3, 0.4) is 0 Å². The fourth-order valence-corrected chi connectivity index (χ4v) is 2.55. The Bertz CT molecular complexity index is 942. The Balaban J connectivity index is 1.95. The maximum absolute atomic E-state index is 12.3. The van der Waals surface area contributed by atoms with E-state index in [0.29, 0.717) is 34.3 Å². The second-order valence-electron chi connectivity index (χ2n) is 6.05. The van der Waals surface area contributed by atoms with E-state index in [0.717, 1.165) is 5.56 Å². The van der Waals surface area contributed by atoms with Crippen LogP contribution in [0, 0.1) is 0 Å². The molecule has 30 heavy (non-hydrogen) atoms. The molecule has 160 valence electrons. The zero-order chi connectivity index (χ0) is 22.1. The third-order valence-corrected chi connectivity index (χ3v) is 4.20. The van der Waals surface area contributed by atoms with Crippen molar-refractivity contribution in [1.82, 2.24) is 10.7 Å². The third kappa shape index (κ3) is 5.63. The highest BCUT2D eigenvalue weighted by molar-refractivity contribution is 6.00. The van der Waals surface area contributed by atoms with E-state index in [-0.39, 0.29) is 6.54 Å². The number of benzene rings is 2. The summed E-state index contributed by atoms with van der Waals surface area (Å²) < 4.78 is 20.8. The molecule has 2 rings (SSSR count). The van der Waals surface area contributed by atoms with Gasteiger partial charge >= 0.3 is 0 Å². The van der Waals surface area contributed by atoms with Crippen molar-refractivity contribution in [3.63, 3.8) is 0 Å². The number of hydrazone groups is 1. The van der Waals surface area contributed by atoms with Gasteiger partial charge in [0.25, 0.3) is 11.8 Å². The number of ether oxygens (including phenoxy) is 4. The van der Waals surface area contributed by atoms with Crippen LogP contribution in [0.2, 0.25) is 0 Å². The van der Waals surface area contributed by atoms with Gasteiger partial charge in [0.2, 0.25) is 0 Å². The lowest BCUT2D eigenvalue weighted by Crippen LogP contribution is -2.35. The van der Waals surface area contributed by atoms with Crippen molar-refractivity contribution >= 4 is 17.5 Å². The van der Waals surface area contributed by atoms with E-state index in [4.69, 9.17) is 18.9 Å². The quantitative estimate of drug-likeness (QED) is 0.479. The Hall–Kier alpha value is -3.75. The van der Waals surface area contributed by atoms with Gasteiger partial charge in [-0.25, -0.2) is 5.43 Å². The van der Waals surface area contributed by atoms with Gasteiger partial charge in [0.1, 0.15) is 0 Å². The normalized spacial score (nSPS) is 10.8. The molecule has 0 aliphatic carbocycles. The second kappa shape index (κ2) is 10.7. The first-order valence-corrected chi connectivity index (χ1v) is 8.99. The summed E-state index contributed by atoms with van der Waals surface area (Å²) in [6, 6.07) is 10.0. The summed E-state index contributed by atoms with van der Waals surface area (Å²) in [5.74, 6) is 1.18. The fraction of sp³-hybridized carbons (Fsp3) is 0.286. The highest BCUT2D eigenvalue weighted by atomic mass is 16.5. The summed E-state index contributed by atoms with van der Waals surface area (Å²) in [4.78, 5) is 24.3. The molecule has 0 atom stereocenters. The van der Waals surface area contributed by atoms with Crippen LogP contribution in [-0.4, -0.2) is 52.5 Å². The minimum atomic E-state index is -0.469. The lowest BCUT2D eigenvalue weighted by atomic mass is 10.1. The zero-order valence-corrected chi connectivity index (χ0v) is 17.6. The van der Waals surface area contributed by atoms with E-state index in [9.17, 15) is 9.59 Å². The number of carbonyl (C=O) groups excluding carboxylic acids is 2. The standard InChI is InChI=1S/C21H25N3O6/c1-13(14-6-8-16(27-2)18(10-14)29-4)23-24-20(25)12-22-21(26)15-7-9-17(28-3)19(11-15)30-5/h6-11H,12H2,1-5H3,(H,22,26)(H,24,25)/b23-13+. The summed E-state index contributed by atoms with van der Waals surface area (Å²) in [5, 5.41) is 6.59. The van der Waals surface area contributed by atoms with E-state index in [1.807, 2.05) is 0 Å². The van der Waals surface area contributed by atoms with Crippen LogP contribution in [0.5, 0.6) is 23.0 Å². The van der Waals surface area contributed by atoms with Gasteiger partial charge in [-0.2, -0.15) is 5.10 Å². The van der Waals surface area contributed by atoms with Crippen LogP contribution < -0.4 is 29.7 Å². The Morgan fingerprint density at radius 1 is 0.800 bits per heavy atom. The van der Waals surface area contributed by atoms with Gasteiger partial charge in [0.05, 0.1) is 40.7 Å². The van der Waals surface area contributed by atoms with Gasteiger partial charge in [-0.05, 0) is 43.3 Å². The molecule has 9 nitrogen and oxygen atoms in total. The smallest absolute Gasteiger partial charge is 0.259 e. The molecular weight excluding hydrogens is 390 g/mol. The highest BCUT2D eigenvalue weighted by Gasteiger charge is 2.12. The minimum Gasteiger partial charge on any atom is -0.493 e. The Morgan fingerprint density at radius 3 is 1.83 bits per heavy atom. The first-order valence-electron chi connectivity index (χ1n) is 8.99. The molecule has 0 aliphatic rings.